The Hall–Kier alpha value is -3.61. The molecule has 7 heteroatoms. The number of carbonyl (C=O) groups excluding carboxylic acids is 3. The first-order valence-electron chi connectivity index (χ1n) is 9.51. The van der Waals surface area contributed by atoms with Crippen LogP contribution in [-0.2, 0) is 14.3 Å². The van der Waals surface area contributed by atoms with Gasteiger partial charge in [0, 0.05) is 29.1 Å². The molecule has 3 rings (SSSR count). The van der Waals surface area contributed by atoms with Crippen molar-refractivity contribution in [1.82, 2.24) is 4.57 Å². The molecule has 0 radical (unpaired) electrons. The molecule has 1 atom stereocenters. The normalized spacial score (nSPS) is 11.7. The molecule has 0 N–H and O–H groups in total. The van der Waals surface area contributed by atoms with Crippen molar-refractivity contribution in [2.75, 3.05) is 20.8 Å². The summed E-state index contributed by atoms with van der Waals surface area (Å²) in [6, 6.07) is 12.7. The molecule has 0 fully saturated rings. The minimum Gasteiger partial charge on any atom is -0.497 e. The van der Waals surface area contributed by atoms with Gasteiger partial charge in [-0.3, -0.25) is 4.79 Å². The lowest BCUT2D eigenvalue weighted by atomic mass is 10.0. The molecule has 2 aromatic carbocycles. The van der Waals surface area contributed by atoms with E-state index in [2.05, 4.69) is 0 Å². The van der Waals surface area contributed by atoms with E-state index in [0.29, 0.717) is 22.4 Å². The van der Waals surface area contributed by atoms with Crippen molar-refractivity contribution < 1.29 is 28.6 Å². The van der Waals surface area contributed by atoms with Gasteiger partial charge in [-0.2, -0.15) is 0 Å². The number of ketones is 1. The SMILES string of the molecule is CCOC(=O)C(CC(=O)c1ccc(OC)cc1)n1ccc2cc(C(=O)OC)ccc21. The number of esters is 2. The molecule has 0 bridgehead atoms. The molecular weight excluding hydrogens is 386 g/mol. The quantitative estimate of drug-likeness (QED) is 0.416. The lowest BCUT2D eigenvalue weighted by Crippen LogP contribution is -2.24. The van der Waals surface area contributed by atoms with E-state index in [-0.39, 0.29) is 18.8 Å². The molecule has 1 aromatic heterocycles. The largest absolute Gasteiger partial charge is 0.497 e. The number of carbonyl (C=O) groups is 3. The van der Waals surface area contributed by atoms with Crippen molar-refractivity contribution in [2.45, 2.75) is 19.4 Å². The van der Waals surface area contributed by atoms with Crippen LogP contribution in [0.15, 0.2) is 54.7 Å². The van der Waals surface area contributed by atoms with Crippen molar-refractivity contribution >= 4 is 28.6 Å². The summed E-state index contributed by atoms with van der Waals surface area (Å²) in [4.78, 5) is 37.3. The van der Waals surface area contributed by atoms with Crippen LogP contribution < -0.4 is 4.74 Å². The summed E-state index contributed by atoms with van der Waals surface area (Å²) in [5.41, 5.74) is 1.60. The number of benzene rings is 2. The lowest BCUT2D eigenvalue weighted by molar-refractivity contribution is -0.147. The van der Waals surface area contributed by atoms with E-state index >= 15 is 0 Å². The number of hydrogen-bond acceptors (Lipinski definition) is 6. The van der Waals surface area contributed by atoms with Crippen LogP contribution in [-0.4, -0.2) is 43.1 Å². The van der Waals surface area contributed by atoms with Crippen molar-refractivity contribution in [2.24, 2.45) is 0 Å². The third-order valence-electron chi connectivity index (χ3n) is 4.83. The van der Waals surface area contributed by atoms with Crippen LogP contribution in [0.5, 0.6) is 5.75 Å². The Morgan fingerprint density at radius 2 is 1.67 bits per heavy atom. The predicted molar refractivity (Wildman–Crippen MR) is 111 cm³/mol. The Morgan fingerprint density at radius 1 is 0.967 bits per heavy atom. The van der Waals surface area contributed by atoms with E-state index in [9.17, 15) is 14.4 Å². The Bertz CT molecular complexity index is 1070. The minimum atomic E-state index is -0.832. The summed E-state index contributed by atoms with van der Waals surface area (Å²) < 4.78 is 16.8. The molecular formula is C23H23NO6. The van der Waals surface area contributed by atoms with Crippen LogP contribution in [0.1, 0.15) is 40.1 Å². The third kappa shape index (κ3) is 4.35. The van der Waals surface area contributed by atoms with Gasteiger partial charge in [0.05, 0.1) is 26.4 Å². The van der Waals surface area contributed by atoms with Gasteiger partial charge in [0.15, 0.2) is 5.78 Å². The number of hydrogen-bond donors (Lipinski definition) is 0. The zero-order valence-corrected chi connectivity index (χ0v) is 17.1. The number of aromatic nitrogens is 1. The van der Waals surface area contributed by atoms with Crippen molar-refractivity contribution in [3.8, 4) is 5.75 Å². The Labute approximate surface area is 174 Å². The van der Waals surface area contributed by atoms with Crippen LogP contribution in [0.4, 0.5) is 0 Å². The molecule has 3 aromatic rings. The Morgan fingerprint density at radius 3 is 2.30 bits per heavy atom. The van der Waals surface area contributed by atoms with Gasteiger partial charge in [-0.05, 0) is 55.5 Å². The van der Waals surface area contributed by atoms with E-state index in [1.54, 1.807) is 73.3 Å². The summed E-state index contributed by atoms with van der Waals surface area (Å²) in [7, 11) is 2.87. The highest BCUT2D eigenvalue weighted by Gasteiger charge is 2.27. The first-order chi connectivity index (χ1) is 14.5. The number of rotatable bonds is 8. The third-order valence-corrected chi connectivity index (χ3v) is 4.83. The molecule has 7 nitrogen and oxygen atoms in total. The van der Waals surface area contributed by atoms with E-state index in [0.717, 1.165) is 5.39 Å². The maximum absolute atomic E-state index is 12.9. The average Bonchev–Trinajstić information content (AvgIpc) is 3.19. The van der Waals surface area contributed by atoms with Crippen molar-refractivity contribution in [3.63, 3.8) is 0 Å². The second-order valence-corrected chi connectivity index (χ2v) is 6.61. The zero-order valence-electron chi connectivity index (χ0n) is 17.1. The highest BCUT2D eigenvalue weighted by atomic mass is 16.5. The van der Waals surface area contributed by atoms with Gasteiger partial charge in [-0.25, -0.2) is 9.59 Å². The average molecular weight is 409 g/mol. The molecule has 0 amide bonds. The molecule has 156 valence electrons. The van der Waals surface area contributed by atoms with Gasteiger partial charge in [-0.1, -0.05) is 0 Å². The van der Waals surface area contributed by atoms with E-state index in [4.69, 9.17) is 14.2 Å². The zero-order chi connectivity index (χ0) is 21.7. The molecule has 0 saturated carbocycles. The summed E-state index contributed by atoms with van der Waals surface area (Å²) >= 11 is 0. The number of ether oxygens (including phenoxy) is 3. The fourth-order valence-corrected chi connectivity index (χ4v) is 3.28. The predicted octanol–water partition coefficient (Wildman–Crippen LogP) is 3.81. The lowest BCUT2D eigenvalue weighted by Gasteiger charge is -2.18. The maximum atomic E-state index is 12.9. The summed E-state index contributed by atoms with van der Waals surface area (Å²) in [6.45, 7) is 1.93. The highest BCUT2D eigenvalue weighted by Crippen LogP contribution is 2.26. The first-order valence-corrected chi connectivity index (χ1v) is 9.51. The van der Waals surface area contributed by atoms with Crippen LogP contribution in [0, 0.1) is 0 Å². The smallest absolute Gasteiger partial charge is 0.337 e. The number of nitrogens with zero attached hydrogens (tertiary/aromatic N) is 1. The second kappa shape index (κ2) is 9.26. The number of methoxy groups -OCH3 is 2. The molecule has 30 heavy (non-hydrogen) atoms. The minimum absolute atomic E-state index is 0.0618. The van der Waals surface area contributed by atoms with E-state index < -0.39 is 18.0 Å². The molecule has 0 aliphatic carbocycles. The standard InChI is InChI=1S/C23H23NO6/c1-4-30-23(27)20(14-21(25)15-5-8-18(28-2)9-6-15)24-12-11-16-13-17(22(26)29-3)7-10-19(16)24/h5-13,20H,4,14H2,1-3H3. The van der Waals surface area contributed by atoms with Crippen LogP contribution in [0.25, 0.3) is 10.9 Å². The van der Waals surface area contributed by atoms with Gasteiger partial charge in [-0.15, -0.1) is 0 Å². The molecule has 1 unspecified atom stereocenters. The summed E-state index contributed by atoms with van der Waals surface area (Å²) in [6.07, 6.45) is 1.66. The van der Waals surface area contributed by atoms with Crippen LogP contribution in [0.2, 0.25) is 0 Å². The van der Waals surface area contributed by atoms with Crippen LogP contribution >= 0.6 is 0 Å². The molecule has 0 spiro atoms. The summed E-state index contributed by atoms with van der Waals surface area (Å²) in [5.74, 6) is -0.481. The van der Waals surface area contributed by atoms with E-state index in [1.807, 2.05) is 0 Å². The first kappa shape index (κ1) is 21.1. The fraction of sp³-hybridized carbons (Fsp3) is 0.261. The molecule has 0 saturated heterocycles. The number of Topliss-reactive ketones (excluding diaryl/α,β-unsaturated/α-hetero) is 1. The van der Waals surface area contributed by atoms with Crippen molar-refractivity contribution in [1.29, 1.82) is 0 Å². The molecule has 1 heterocycles. The van der Waals surface area contributed by atoms with Gasteiger partial charge >= 0.3 is 11.9 Å². The Kier molecular flexibility index (Phi) is 6.51. The molecule has 0 aliphatic heterocycles. The second-order valence-electron chi connectivity index (χ2n) is 6.61. The maximum Gasteiger partial charge on any atom is 0.337 e. The Balaban J connectivity index is 1.94. The monoisotopic (exact) mass is 409 g/mol. The van der Waals surface area contributed by atoms with Crippen LogP contribution in [0.3, 0.4) is 0 Å². The van der Waals surface area contributed by atoms with Gasteiger partial charge in [0.2, 0.25) is 0 Å². The van der Waals surface area contributed by atoms with Gasteiger partial charge < -0.3 is 18.8 Å². The summed E-state index contributed by atoms with van der Waals surface area (Å²) in [5, 5.41) is 0.754. The van der Waals surface area contributed by atoms with Gasteiger partial charge in [0.25, 0.3) is 0 Å². The molecule has 0 aliphatic rings. The van der Waals surface area contributed by atoms with Crippen molar-refractivity contribution in [3.05, 3.63) is 65.9 Å². The topological polar surface area (TPSA) is 83.8 Å². The van der Waals surface area contributed by atoms with Gasteiger partial charge in [0.1, 0.15) is 11.8 Å². The highest BCUT2D eigenvalue weighted by molar-refractivity contribution is 5.99. The fourth-order valence-electron chi connectivity index (χ4n) is 3.28. The number of fused-ring (bicyclic) bond motifs is 1. The van der Waals surface area contributed by atoms with E-state index in [1.165, 1.54) is 7.11 Å².